The minimum absolute atomic E-state index is 0.158. The zero-order valence-electron chi connectivity index (χ0n) is 12.3. The van der Waals surface area contributed by atoms with Crippen molar-refractivity contribution in [2.24, 2.45) is 10.9 Å². The molecule has 0 aromatic heterocycles. The molecule has 5 N–H and O–H groups in total. The number of fused-ring (bicyclic) bond motifs is 1. The van der Waals surface area contributed by atoms with E-state index in [2.05, 4.69) is 10.5 Å². The third-order valence-electron chi connectivity index (χ3n) is 4.00. The van der Waals surface area contributed by atoms with Gasteiger partial charge < -0.3 is 25.0 Å². The number of hydrogen-bond donors (Lipinski definition) is 4. The van der Waals surface area contributed by atoms with Gasteiger partial charge in [-0.3, -0.25) is 15.8 Å². The number of hydrogen-bond acceptors (Lipinski definition) is 8. The van der Waals surface area contributed by atoms with E-state index in [1.165, 1.54) is 0 Å². The van der Waals surface area contributed by atoms with Crippen LogP contribution < -0.4 is 16.1 Å². The van der Waals surface area contributed by atoms with Crippen LogP contribution in [-0.4, -0.2) is 60.0 Å². The fraction of sp³-hybridized carbons (Fsp3) is 0.833. The topological polar surface area (TPSA) is 134 Å². The molecule has 2 heterocycles. The van der Waals surface area contributed by atoms with Crippen molar-refractivity contribution >= 4 is 11.7 Å². The summed E-state index contributed by atoms with van der Waals surface area (Å²) in [5.74, 6) is -0.585. The predicted molar refractivity (Wildman–Crippen MR) is 72.7 cm³/mol. The van der Waals surface area contributed by atoms with E-state index in [4.69, 9.17) is 15.2 Å². The molecule has 2 rings (SSSR count). The third-order valence-corrected chi connectivity index (χ3v) is 4.00. The Bertz CT molecular complexity index is 441. The van der Waals surface area contributed by atoms with Crippen molar-refractivity contribution in [1.29, 1.82) is 0 Å². The number of hydroxylamine groups is 2. The van der Waals surface area contributed by atoms with Gasteiger partial charge >= 0.3 is 5.97 Å². The molecule has 0 saturated carbocycles. The average Bonchev–Trinajstić information content (AvgIpc) is 2.42. The largest absolute Gasteiger partial charge is 0.633 e. The lowest BCUT2D eigenvalue weighted by atomic mass is 9.85. The van der Waals surface area contributed by atoms with Crippen LogP contribution in [0, 0.1) is 5.21 Å². The first kappa shape index (κ1) is 16.1. The van der Waals surface area contributed by atoms with Gasteiger partial charge in [0.25, 0.3) is 0 Å². The predicted octanol–water partition coefficient (Wildman–Crippen LogP) is -2.43. The van der Waals surface area contributed by atoms with Crippen LogP contribution in [0.4, 0.5) is 0 Å². The number of oxime groups is 1. The summed E-state index contributed by atoms with van der Waals surface area (Å²) in [5.41, 5.74) is 5.29. The van der Waals surface area contributed by atoms with Gasteiger partial charge in [0.15, 0.2) is 12.2 Å². The molecule has 0 aromatic rings. The summed E-state index contributed by atoms with van der Waals surface area (Å²) in [4.78, 5) is 11.9. The standard InChI is InChI=1S/C12H22N4O5/c1-4-20-11(17)8-10(13)16(19)6-5-21-12(2,3)9(15-18)7(6)14-8/h6-8,10,14,16,18H,4-5,13H2,1-3H3. The molecule has 5 atom stereocenters. The maximum atomic E-state index is 12.4. The molecule has 2 saturated heterocycles. The van der Waals surface area contributed by atoms with Gasteiger partial charge in [0.2, 0.25) is 0 Å². The van der Waals surface area contributed by atoms with Crippen molar-refractivity contribution < 1.29 is 24.5 Å². The number of nitrogens with two attached hydrogens (primary N) is 1. The molecule has 0 radical (unpaired) electrons. The van der Waals surface area contributed by atoms with Gasteiger partial charge in [-0.15, -0.1) is 0 Å². The summed E-state index contributed by atoms with van der Waals surface area (Å²) in [6, 6.07) is -2.13. The Balaban J connectivity index is 2.28. The van der Waals surface area contributed by atoms with E-state index < -0.39 is 35.9 Å². The molecule has 120 valence electrons. The molecule has 9 heteroatoms. The number of esters is 1. The smallest absolute Gasteiger partial charge is 0.330 e. The Kier molecular flexibility index (Phi) is 4.49. The molecule has 2 aliphatic heterocycles. The normalized spacial score (nSPS) is 40.6. The molecule has 0 amide bonds. The lowest BCUT2D eigenvalue weighted by Crippen LogP contribution is -3.23. The second-order valence-corrected chi connectivity index (χ2v) is 5.72. The zero-order valence-corrected chi connectivity index (χ0v) is 12.3. The highest BCUT2D eigenvalue weighted by Gasteiger charge is 2.53. The van der Waals surface area contributed by atoms with E-state index in [1.807, 2.05) is 0 Å². The third kappa shape index (κ3) is 2.74. The van der Waals surface area contributed by atoms with Gasteiger partial charge in [-0.2, -0.15) is 0 Å². The van der Waals surface area contributed by atoms with Crippen LogP contribution >= 0.6 is 0 Å². The molecule has 9 nitrogen and oxygen atoms in total. The molecular weight excluding hydrogens is 280 g/mol. The Labute approximate surface area is 122 Å². The van der Waals surface area contributed by atoms with Gasteiger partial charge in [0, 0.05) is 0 Å². The lowest BCUT2D eigenvalue weighted by molar-refractivity contribution is -0.909. The van der Waals surface area contributed by atoms with Crippen molar-refractivity contribution in [1.82, 2.24) is 5.32 Å². The summed E-state index contributed by atoms with van der Waals surface area (Å²) >= 11 is 0. The van der Waals surface area contributed by atoms with Crippen molar-refractivity contribution in [3.8, 4) is 0 Å². The van der Waals surface area contributed by atoms with Crippen LogP contribution in [0.15, 0.2) is 5.16 Å². The monoisotopic (exact) mass is 302 g/mol. The number of ether oxygens (including phenoxy) is 2. The van der Waals surface area contributed by atoms with Crippen LogP contribution in [0.1, 0.15) is 20.8 Å². The molecule has 2 fully saturated rings. The first-order valence-corrected chi connectivity index (χ1v) is 6.91. The molecule has 21 heavy (non-hydrogen) atoms. The van der Waals surface area contributed by atoms with E-state index in [9.17, 15) is 15.2 Å². The maximum Gasteiger partial charge on any atom is 0.330 e. The quantitative estimate of drug-likeness (QED) is 0.193. The second-order valence-electron chi connectivity index (χ2n) is 5.72. The highest BCUT2D eigenvalue weighted by atomic mass is 16.5. The van der Waals surface area contributed by atoms with E-state index in [1.54, 1.807) is 20.8 Å². The van der Waals surface area contributed by atoms with Gasteiger partial charge in [-0.25, -0.2) is 0 Å². The first-order chi connectivity index (χ1) is 9.83. The maximum absolute atomic E-state index is 12.4. The SMILES string of the molecule is CCOC(=O)C1NC2C(=NO)C(C)(C)OCC2[NH+]([O-])C1N. The number of nitrogens with one attached hydrogen (secondary N) is 2. The number of quaternary nitrogens is 1. The zero-order chi connectivity index (χ0) is 15.8. The van der Waals surface area contributed by atoms with Crippen LogP contribution in [0.25, 0.3) is 0 Å². The Morgan fingerprint density at radius 1 is 1.71 bits per heavy atom. The van der Waals surface area contributed by atoms with Crippen LogP contribution in [0.2, 0.25) is 0 Å². The van der Waals surface area contributed by atoms with Crippen molar-refractivity contribution in [3.05, 3.63) is 5.21 Å². The van der Waals surface area contributed by atoms with Crippen LogP contribution in [0.3, 0.4) is 0 Å². The minimum Gasteiger partial charge on any atom is -0.633 e. The summed E-state index contributed by atoms with van der Waals surface area (Å²) in [5, 5.41) is 27.6. The van der Waals surface area contributed by atoms with Crippen LogP contribution in [0.5, 0.6) is 0 Å². The summed E-state index contributed by atoms with van der Waals surface area (Å²) in [7, 11) is 0. The Hall–Kier alpha value is -1.26. The average molecular weight is 302 g/mol. The van der Waals surface area contributed by atoms with Crippen molar-refractivity contribution in [2.75, 3.05) is 13.2 Å². The van der Waals surface area contributed by atoms with Gasteiger partial charge in [-0.1, -0.05) is 5.16 Å². The first-order valence-electron chi connectivity index (χ1n) is 6.91. The molecule has 0 bridgehead atoms. The fourth-order valence-electron chi connectivity index (χ4n) is 2.81. The molecule has 0 aliphatic carbocycles. The molecular formula is C12H22N4O5. The van der Waals surface area contributed by atoms with Gasteiger partial charge in [0.05, 0.1) is 6.61 Å². The van der Waals surface area contributed by atoms with E-state index in [0.717, 1.165) is 0 Å². The van der Waals surface area contributed by atoms with Gasteiger partial charge in [0.1, 0.15) is 30.0 Å². The van der Waals surface area contributed by atoms with E-state index in [0.29, 0.717) is 0 Å². The molecule has 0 spiro atoms. The number of piperazine rings is 1. The Morgan fingerprint density at radius 3 is 2.95 bits per heavy atom. The van der Waals surface area contributed by atoms with Crippen molar-refractivity contribution in [3.63, 3.8) is 0 Å². The lowest BCUT2D eigenvalue weighted by Gasteiger charge is -2.52. The molecule has 5 unspecified atom stereocenters. The fourth-order valence-corrected chi connectivity index (χ4v) is 2.81. The highest BCUT2D eigenvalue weighted by molar-refractivity contribution is 5.97. The Morgan fingerprint density at radius 2 is 2.38 bits per heavy atom. The van der Waals surface area contributed by atoms with Crippen molar-refractivity contribution in [2.45, 2.75) is 50.7 Å². The molecule has 0 aromatic carbocycles. The van der Waals surface area contributed by atoms with E-state index in [-0.39, 0.29) is 24.0 Å². The molecule has 2 aliphatic rings. The summed E-state index contributed by atoms with van der Waals surface area (Å²) < 4.78 is 10.5. The van der Waals surface area contributed by atoms with Gasteiger partial charge in [-0.05, 0) is 20.8 Å². The summed E-state index contributed by atoms with van der Waals surface area (Å²) in [6.45, 7) is 5.50. The van der Waals surface area contributed by atoms with Crippen LogP contribution in [-0.2, 0) is 14.3 Å². The minimum atomic E-state index is -1.00. The second kappa shape index (κ2) is 5.85. The number of carbonyl (C=O) groups excluding carboxylic acids is 1. The van der Waals surface area contributed by atoms with E-state index >= 15 is 0 Å². The number of carbonyl (C=O) groups is 1. The summed E-state index contributed by atoms with van der Waals surface area (Å²) in [6.07, 6.45) is -1.00. The number of nitrogens with zero attached hydrogens (tertiary/aromatic N) is 1. The number of rotatable bonds is 2. The highest BCUT2D eigenvalue weighted by Crippen LogP contribution is 2.23.